The summed E-state index contributed by atoms with van der Waals surface area (Å²) in [5.74, 6) is -0.240. The van der Waals surface area contributed by atoms with Gasteiger partial charge in [0.25, 0.3) is 0 Å². The van der Waals surface area contributed by atoms with Gasteiger partial charge < -0.3 is 4.74 Å². The van der Waals surface area contributed by atoms with Crippen LogP contribution in [0.4, 0.5) is 0 Å². The number of hydrogen-bond donors (Lipinski definition) is 1. The van der Waals surface area contributed by atoms with Crippen LogP contribution in [0.25, 0.3) is 11.4 Å². The number of hydrogen-bond acceptors (Lipinski definition) is 5. The van der Waals surface area contributed by atoms with Crippen LogP contribution in [-0.2, 0) is 16.0 Å². The van der Waals surface area contributed by atoms with Crippen molar-refractivity contribution in [1.82, 2.24) is 20.2 Å². The Hall–Kier alpha value is -2.24. The number of H-pyrrole nitrogens is 1. The lowest BCUT2D eigenvalue weighted by Gasteiger charge is -2.01. The van der Waals surface area contributed by atoms with Crippen LogP contribution in [0.1, 0.15) is 12.0 Å². The van der Waals surface area contributed by atoms with Crippen molar-refractivity contribution in [2.45, 2.75) is 12.8 Å². The third-order valence-corrected chi connectivity index (χ3v) is 2.36. The monoisotopic (exact) mass is 232 g/mol. The molecule has 0 unspecified atom stereocenters. The first-order valence-electron chi connectivity index (χ1n) is 5.16. The molecule has 6 nitrogen and oxygen atoms in total. The number of rotatable bonds is 4. The largest absolute Gasteiger partial charge is 0.469 e. The second-order valence-electron chi connectivity index (χ2n) is 3.44. The lowest BCUT2D eigenvalue weighted by Crippen LogP contribution is -2.02. The van der Waals surface area contributed by atoms with Gasteiger partial charge in [0.1, 0.15) is 5.69 Å². The van der Waals surface area contributed by atoms with Gasteiger partial charge in [-0.15, -0.1) is 0 Å². The molecule has 0 radical (unpaired) electrons. The normalized spacial score (nSPS) is 10.2. The molecule has 88 valence electrons. The van der Waals surface area contributed by atoms with E-state index in [1.54, 1.807) is 24.8 Å². The minimum Gasteiger partial charge on any atom is -0.469 e. The Morgan fingerprint density at radius 1 is 1.41 bits per heavy atom. The summed E-state index contributed by atoms with van der Waals surface area (Å²) in [5, 5.41) is 6.82. The Morgan fingerprint density at radius 3 is 3.00 bits per heavy atom. The zero-order valence-electron chi connectivity index (χ0n) is 9.38. The number of carbonyl (C=O) groups is 1. The highest BCUT2D eigenvalue weighted by molar-refractivity contribution is 5.70. The molecule has 0 saturated carbocycles. The number of methoxy groups -OCH3 is 1. The molecule has 2 aromatic rings. The van der Waals surface area contributed by atoms with Crippen LogP contribution in [0, 0.1) is 0 Å². The minimum absolute atomic E-state index is 0.240. The number of aromatic amines is 1. The molecule has 1 N–H and O–H groups in total. The fraction of sp³-hybridized carbons (Fsp3) is 0.273. The number of aryl methyl sites for hydroxylation is 1. The zero-order chi connectivity index (χ0) is 12.1. The molecule has 0 aliphatic rings. The molecule has 2 heterocycles. The van der Waals surface area contributed by atoms with Crippen molar-refractivity contribution >= 4 is 5.97 Å². The molecule has 0 fully saturated rings. The maximum atomic E-state index is 11.1. The summed E-state index contributed by atoms with van der Waals surface area (Å²) < 4.78 is 4.60. The lowest BCUT2D eigenvalue weighted by molar-refractivity contribution is -0.140. The first kappa shape index (κ1) is 11.3. The number of ether oxygens (including phenoxy) is 1. The maximum absolute atomic E-state index is 11.1. The summed E-state index contributed by atoms with van der Waals surface area (Å²) in [4.78, 5) is 19.2. The van der Waals surface area contributed by atoms with E-state index < -0.39 is 0 Å². The summed E-state index contributed by atoms with van der Waals surface area (Å²) in [7, 11) is 1.38. The van der Waals surface area contributed by atoms with Crippen molar-refractivity contribution < 1.29 is 9.53 Å². The number of carbonyl (C=O) groups excluding carboxylic acids is 1. The molecule has 0 bridgehead atoms. The number of aromatic nitrogens is 4. The number of esters is 1. The molecular formula is C11H12N4O2. The van der Waals surface area contributed by atoms with Crippen LogP contribution in [-0.4, -0.2) is 33.2 Å². The van der Waals surface area contributed by atoms with Gasteiger partial charge in [-0.2, -0.15) is 5.10 Å². The molecule has 0 aliphatic carbocycles. The van der Waals surface area contributed by atoms with Crippen molar-refractivity contribution in [3.63, 3.8) is 0 Å². The fourth-order valence-electron chi connectivity index (χ4n) is 1.49. The summed E-state index contributed by atoms with van der Waals surface area (Å²) in [6.07, 6.45) is 7.44. The van der Waals surface area contributed by atoms with E-state index in [4.69, 9.17) is 0 Å². The second-order valence-corrected chi connectivity index (χ2v) is 3.44. The van der Waals surface area contributed by atoms with Gasteiger partial charge >= 0.3 is 5.97 Å². The summed E-state index contributed by atoms with van der Waals surface area (Å²) in [6, 6.07) is 0. The topological polar surface area (TPSA) is 80.8 Å². The molecule has 0 aliphatic heterocycles. The molecule has 2 rings (SSSR count). The fourth-order valence-corrected chi connectivity index (χ4v) is 1.49. The van der Waals surface area contributed by atoms with E-state index in [0.717, 1.165) is 11.3 Å². The van der Waals surface area contributed by atoms with E-state index in [9.17, 15) is 4.79 Å². The van der Waals surface area contributed by atoms with E-state index in [-0.39, 0.29) is 5.97 Å². The molecule has 0 amide bonds. The SMILES string of the molecule is COC(=O)CCc1cn[nH]c1-c1cnccn1. The highest BCUT2D eigenvalue weighted by Gasteiger charge is 2.10. The molecule has 2 aromatic heterocycles. The van der Waals surface area contributed by atoms with Crippen LogP contribution in [0.15, 0.2) is 24.8 Å². The van der Waals surface area contributed by atoms with Crippen LogP contribution in [0.5, 0.6) is 0 Å². The van der Waals surface area contributed by atoms with Crippen LogP contribution in [0.3, 0.4) is 0 Å². The lowest BCUT2D eigenvalue weighted by atomic mass is 10.1. The van der Waals surface area contributed by atoms with Gasteiger partial charge in [-0.3, -0.25) is 19.9 Å². The van der Waals surface area contributed by atoms with E-state index in [0.29, 0.717) is 18.5 Å². The van der Waals surface area contributed by atoms with E-state index in [1.807, 2.05) is 0 Å². The quantitative estimate of drug-likeness (QED) is 0.794. The first-order chi connectivity index (χ1) is 8.31. The Kier molecular flexibility index (Phi) is 3.44. The molecule has 0 aromatic carbocycles. The third kappa shape index (κ3) is 2.66. The molecule has 17 heavy (non-hydrogen) atoms. The van der Waals surface area contributed by atoms with Gasteiger partial charge in [0.15, 0.2) is 0 Å². The van der Waals surface area contributed by atoms with Gasteiger partial charge in [0.2, 0.25) is 0 Å². The standard InChI is InChI=1S/C11H12N4O2/c1-17-10(16)3-2-8-6-14-15-11(8)9-7-12-4-5-13-9/h4-7H,2-3H2,1H3,(H,14,15). The van der Waals surface area contributed by atoms with Crippen molar-refractivity contribution in [2.24, 2.45) is 0 Å². The summed E-state index contributed by atoms with van der Waals surface area (Å²) >= 11 is 0. The molecular weight excluding hydrogens is 220 g/mol. The molecule has 0 saturated heterocycles. The Morgan fingerprint density at radius 2 is 2.29 bits per heavy atom. The highest BCUT2D eigenvalue weighted by Crippen LogP contribution is 2.18. The van der Waals surface area contributed by atoms with Gasteiger partial charge in [-0.05, 0) is 6.42 Å². The minimum atomic E-state index is -0.240. The summed E-state index contributed by atoms with van der Waals surface area (Å²) in [6.45, 7) is 0. The van der Waals surface area contributed by atoms with Gasteiger partial charge in [-0.1, -0.05) is 0 Å². The maximum Gasteiger partial charge on any atom is 0.305 e. The average molecular weight is 232 g/mol. The van der Waals surface area contributed by atoms with E-state index >= 15 is 0 Å². The predicted molar refractivity (Wildman–Crippen MR) is 60.0 cm³/mol. The van der Waals surface area contributed by atoms with Gasteiger partial charge in [0.05, 0.1) is 25.2 Å². The average Bonchev–Trinajstić information content (AvgIpc) is 2.85. The molecule has 6 heteroatoms. The third-order valence-electron chi connectivity index (χ3n) is 2.36. The Bertz CT molecular complexity index is 495. The van der Waals surface area contributed by atoms with E-state index in [1.165, 1.54) is 7.11 Å². The second kappa shape index (κ2) is 5.20. The molecule has 0 spiro atoms. The van der Waals surface area contributed by atoms with E-state index in [2.05, 4.69) is 24.9 Å². The van der Waals surface area contributed by atoms with Gasteiger partial charge in [0, 0.05) is 24.4 Å². The number of nitrogens with one attached hydrogen (secondary N) is 1. The van der Waals surface area contributed by atoms with Crippen molar-refractivity contribution in [3.8, 4) is 11.4 Å². The predicted octanol–water partition coefficient (Wildman–Crippen LogP) is 0.972. The first-order valence-corrected chi connectivity index (χ1v) is 5.16. The Balaban J connectivity index is 2.15. The van der Waals surface area contributed by atoms with Crippen LogP contribution >= 0.6 is 0 Å². The smallest absolute Gasteiger partial charge is 0.305 e. The van der Waals surface area contributed by atoms with Crippen LogP contribution in [0.2, 0.25) is 0 Å². The molecule has 0 atom stereocenters. The highest BCUT2D eigenvalue weighted by atomic mass is 16.5. The van der Waals surface area contributed by atoms with Crippen molar-refractivity contribution in [3.05, 3.63) is 30.4 Å². The number of nitrogens with zero attached hydrogens (tertiary/aromatic N) is 3. The van der Waals surface area contributed by atoms with Crippen LogP contribution < -0.4 is 0 Å². The summed E-state index contributed by atoms with van der Waals surface area (Å²) in [5.41, 5.74) is 2.43. The van der Waals surface area contributed by atoms with Gasteiger partial charge in [-0.25, -0.2) is 0 Å². The van der Waals surface area contributed by atoms with Crippen molar-refractivity contribution in [2.75, 3.05) is 7.11 Å². The zero-order valence-corrected chi connectivity index (χ0v) is 9.38. The Labute approximate surface area is 98.1 Å². The van der Waals surface area contributed by atoms with Crippen molar-refractivity contribution in [1.29, 1.82) is 0 Å².